The second kappa shape index (κ2) is 3.75. The molecule has 0 unspecified atom stereocenters. The number of carbonyl (C=O) groups is 1. The van der Waals surface area contributed by atoms with Crippen molar-refractivity contribution in [3.05, 3.63) is 17.5 Å². The Bertz CT molecular complexity index is 269. The molecule has 1 rings (SSSR count). The summed E-state index contributed by atoms with van der Waals surface area (Å²) in [5.41, 5.74) is 0.679. The second-order valence-electron chi connectivity index (χ2n) is 2.27. The number of aryl methyl sites for hydroxylation is 1. The van der Waals surface area contributed by atoms with Crippen LogP contribution in [0.3, 0.4) is 0 Å². The molecule has 12 heavy (non-hydrogen) atoms. The van der Waals surface area contributed by atoms with Crippen LogP contribution in [0, 0.1) is 6.92 Å². The van der Waals surface area contributed by atoms with Gasteiger partial charge >= 0.3 is 6.09 Å². The molecule has 5 heteroatoms. The average molecular weight is 170 g/mol. The van der Waals surface area contributed by atoms with Gasteiger partial charge < -0.3 is 14.6 Å². The van der Waals surface area contributed by atoms with Crippen molar-refractivity contribution in [1.82, 2.24) is 10.5 Å². The number of aromatic nitrogens is 1. The van der Waals surface area contributed by atoms with E-state index in [1.54, 1.807) is 13.0 Å². The number of nitrogens with zero attached hydrogens (tertiary/aromatic N) is 1. The summed E-state index contributed by atoms with van der Waals surface area (Å²) in [7, 11) is 1.31. The maximum atomic E-state index is 10.6. The van der Waals surface area contributed by atoms with Gasteiger partial charge in [-0.1, -0.05) is 5.16 Å². The summed E-state index contributed by atoms with van der Waals surface area (Å²) in [6.07, 6.45) is -0.476. The Morgan fingerprint density at radius 3 is 3.08 bits per heavy atom. The van der Waals surface area contributed by atoms with Crippen molar-refractivity contribution in [2.24, 2.45) is 0 Å². The van der Waals surface area contributed by atoms with Crippen molar-refractivity contribution in [2.45, 2.75) is 13.5 Å². The highest BCUT2D eigenvalue weighted by molar-refractivity contribution is 5.66. The summed E-state index contributed by atoms with van der Waals surface area (Å²) in [6.45, 7) is 2.11. The van der Waals surface area contributed by atoms with E-state index >= 15 is 0 Å². The molecule has 0 radical (unpaired) electrons. The molecule has 0 saturated heterocycles. The quantitative estimate of drug-likeness (QED) is 0.714. The Labute approximate surface area is 69.7 Å². The van der Waals surface area contributed by atoms with Crippen LogP contribution in [0.1, 0.15) is 11.5 Å². The zero-order valence-corrected chi connectivity index (χ0v) is 6.96. The molecule has 0 aliphatic carbocycles. The molecule has 0 bridgehead atoms. The van der Waals surface area contributed by atoms with E-state index in [-0.39, 0.29) is 0 Å². The fourth-order valence-corrected chi connectivity index (χ4v) is 0.736. The molecule has 0 fully saturated rings. The number of rotatable bonds is 2. The normalized spacial score (nSPS) is 9.50. The Balaban J connectivity index is 2.38. The van der Waals surface area contributed by atoms with Crippen LogP contribution in [-0.4, -0.2) is 18.4 Å². The Morgan fingerprint density at radius 1 is 1.83 bits per heavy atom. The molecule has 0 spiro atoms. The number of ether oxygens (including phenoxy) is 1. The molecular weight excluding hydrogens is 160 g/mol. The fraction of sp³-hybridized carbons (Fsp3) is 0.429. The van der Waals surface area contributed by atoms with Crippen LogP contribution in [0.2, 0.25) is 0 Å². The molecule has 1 N–H and O–H groups in total. The zero-order chi connectivity index (χ0) is 8.97. The largest absolute Gasteiger partial charge is 0.453 e. The van der Waals surface area contributed by atoms with Gasteiger partial charge in [0.2, 0.25) is 0 Å². The number of hydrogen-bond acceptors (Lipinski definition) is 4. The molecule has 66 valence electrons. The van der Waals surface area contributed by atoms with Crippen LogP contribution < -0.4 is 5.32 Å². The number of alkyl carbamates (subject to hydrolysis) is 1. The molecular formula is C7H10N2O3. The summed E-state index contributed by atoms with van der Waals surface area (Å²) in [6, 6.07) is 1.75. The van der Waals surface area contributed by atoms with Crippen LogP contribution in [0.4, 0.5) is 4.79 Å². The molecule has 1 aromatic heterocycles. The standard InChI is InChI=1S/C7H10N2O3/c1-5-3-6(9-12-5)4-8-7(10)11-2/h3H,4H2,1-2H3,(H,8,10). The highest BCUT2D eigenvalue weighted by Crippen LogP contribution is 2.00. The molecule has 5 nitrogen and oxygen atoms in total. The summed E-state index contributed by atoms with van der Waals surface area (Å²) in [5.74, 6) is 0.719. The number of amides is 1. The van der Waals surface area contributed by atoms with E-state index in [0.717, 1.165) is 5.76 Å². The van der Waals surface area contributed by atoms with Gasteiger partial charge in [-0.2, -0.15) is 0 Å². The van der Waals surface area contributed by atoms with E-state index in [9.17, 15) is 4.79 Å². The van der Waals surface area contributed by atoms with Crippen LogP contribution in [0.15, 0.2) is 10.6 Å². The second-order valence-corrected chi connectivity index (χ2v) is 2.27. The number of carbonyl (C=O) groups excluding carboxylic acids is 1. The third kappa shape index (κ3) is 2.26. The van der Waals surface area contributed by atoms with Gasteiger partial charge in [-0.05, 0) is 6.92 Å². The first kappa shape index (κ1) is 8.58. The predicted octanol–water partition coefficient (Wildman–Crippen LogP) is 0.839. The van der Waals surface area contributed by atoms with E-state index in [0.29, 0.717) is 12.2 Å². The van der Waals surface area contributed by atoms with Crippen LogP contribution in [0.5, 0.6) is 0 Å². The Hall–Kier alpha value is -1.52. The lowest BCUT2D eigenvalue weighted by Crippen LogP contribution is -2.22. The topological polar surface area (TPSA) is 64.4 Å². The van der Waals surface area contributed by atoms with Gasteiger partial charge in [0.15, 0.2) is 0 Å². The highest BCUT2D eigenvalue weighted by atomic mass is 16.5. The Kier molecular flexibility index (Phi) is 2.68. The van der Waals surface area contributed by atoms with Crippen LogP contribution in [0.25, 0.3) is 0 Å². The first-order valence-corrected chi connectivity index (χ1v) is 3.46. The predicted molar refractivity (Wildman–Crippen MR) is 40.5 cm³/mol. The third-order valence-electron chi connectivity index (χ3n) is 1.28. The third-order valence-corrected chi connectivity index (χ3v) is 1.28. The highest BCUT2D eigenvalue weighted by Gasteiger charge is 2.02. The molecule has 0 aliphatic heterocycles. The van der Waals surface area contributed by atoms with E-state index in [2.05, 4.69) is 15.2 Å². The van der Waals surface area contributed by atoms with Crippen LogP contribution >= 0.6 is 0 Å². The van der Waals surface area contributed by atoms with Gasteiger partial charge in [-0.15, -0.1) is 0 Å². The summed E-state index contributed by atoms with van der Waals surface area (Å²) < 4.78 is 9.16. The Morgan fingerprint density at radius 2 is 2.58 bits per heavy atom. The summed E-state index contributed by atoms with van der Waals surface area (Å²) in [5, 5.41) is 6.16. The van der Waals surface area contributed by atoms with Gasteiger partial charge in [0.05, 0.1) is 13.7 Å². The molecule has 1 heterocycles. The summed E-state index contributed by atoms with van der Waals surface area (Å²) >= 11 is 0. The van der Waals surface area contributed by atoms with Crippen molar-refractivity contribution in [1.29, 1.82) is 0 Å². The van der Waals surface area contributed by atoms with E-state index in [1.165, 1.54) is 7.11 Å². The van der Waals surface area contributed by atoms with E-state index in [1.807, 2.05) is 0 Å². The lowest BCUT2D eigenvalue weighted by atomic mass is 10.4. The first-order chi connectivity index (χ1) is 5.72. The molecule has 0 atom stereocenters. The number of methoxy groups -OCH3 is 1. The van der Waals surface area contributed by atoms with Gasteiger partial charge in [-0.3, -0.25) is 0 Å². The molecule has 1 aromatic rings. The van der Waals surface area contributed by atoms with E-state index in [4.69, 9.17) is 4.52 Å². The van der Waals surface area contributed by atoms with E-state index < -0.39 is 6.09 Å². The monoisotopic (exact) mass is 170 g/mol. The van der Waals surface area contributed by atoms with Crippen molar-refractivity contribution in [3.63, 3.8) is 0 Å². The smallest absolute Gasteiger partial charge is 0.407 e. The minimum absolute atomic E-state index is 0.323. The molecule has 1 amide bonds. The lowest BCUT2D eigenvalue weighted by molar-refractivity contribution is 0.170. The molecule has 0 saturated carbocycles. The van der Waals surface area contributed by atoms with Crippen molar-refractivity contribution in [3.8, 4) is 0 Å². The minimum Gasteiger partial charge on any atom is -0.453 e. The fourth-order valence-electron chi connectivity index (χ4n) is 0.736. The average Bonchev–Trinajstić information content (AvgIpc) is 2.47. The maximum absolute atomic E-state index is 10.6. The lowest BCUT2D eigenvalue weighted by Gasteiger charge is -1.98. The number of hydrogen-bond donors (Lipinski definition) is 1. The van der Waals surface area contributed by atoms with Crippen molar-refractivity contribution in [2.75, 3.05) is 7.11 Å². The molecule has 0 aromatic carbocycles. The van der Waals surface area contributed by atoms with Gasteiger partial charge in [-0.25, -0.2) is 4.79 Å². The SMILES string of the molecule is COC(=O)NCc1cc(C)on1. The number of nitrogens with one attached hydrogen (secondary N) is 1. The van der Waals surface area contributed by atoms with Gasteiger partial charge in [0.25, 0.3) is 0 Å². The van der Waals surface area contributed by atoms with Gasteiger partial charge in [0, 0.05) is 6.07 Å². The maximum Gasteiger partial charge on any atom is 0.407 e. The summed E-state index contributed by atoms with van der Waals surface area (Å²) in [4.78, 5) is 10.6. The van der Waals surface area contributed by atoms with Crippen molar-refractivity contribution >= 4 is 6.09 Å². The molecule has 0 aliphatic rings. The van der Waals surface area contributed by atoms with Gasteiger partial charge in [0.1, 0.15) is 11.5 Å². The first-order valence-electron chi connectivity index (χ1n) is 3.46. The zero-order valence-electron chi connectivity index (χ0n) is 6.96. The van der Waals surface area contributed by atoms with Crippen LogP contribution in [-0.2, 0) is 11.3 Å². The minimum atomic E-state index is -0.476. The van der Waals surface area contributed by atoms with Crippen molar-refractivity contribution < 1.29 is 14.1 Å².